The second-order valence-electron chi connectivity index (χ2n) is 3.34. The Balaban J connectivity index is 2.73. The van der Waals surface area contributed by atoms with Crippen LogP contribution in [0.1, 0.15) is 25.7 Å². The number of rotatable bonds is 1. The van der Waals surface area contributed by atoms with Gasteiger partial charge in [0.05, 0.1) is 5.92 Å². The highest BCUT2D eigenvalue weighted by atomic mass is 35.5. The molecule has 0 heterocycles. The Kier molecular flexibility index (Phi) is 3.22. The average Bonchev–Trinajstić information content (AvgIpc) is 2.03. The van der Waals surface area contributed by atoms with Crippen LogP contribution in [0.5, 0.6) is 0 Å². The van der Waals surface area contributed by atoms with Gasteiger partial charge >= 0.3 is 6.18 Å². The average molecular weight is 215 g/mol. The lowest BCUT2D eigenvalue weighted by Crippen LogP contribution is -2.35. The summed E-state index contributed by atoms with van der Waals surface area (Å²) < 4.78 is 37.0. The molecule has 1 fully saturated rings. The molecule has 13 heavy (non-hydrogen) atoms. The third kappa shape index (κ3) is 2.59. The van der Waals surface area contributed by atoms with Crippen LogP contribution in [0.15, 0.2) is 0 Å². The lowest BCUT2D eigenvalue weighted by molar-refractivity contribution is -0.195. The van der Waals surface area contributed by atoms with Gasteiger partial charge in [0.2, 0.25) is 5.24 Å². The van der Waals surface area contributed by atoms with Crippen LogP contribution in [0, 0.1) is 11.8 Å². The summed E-state index contributed by atoms with van der Waals surface area (Å²) in [6, 6.07) is 0. The molecule has 0 aromatic heterocycles. The summed E-state index contributed by atoms with van der Waals surface area (Å²) in [6.07, 6.45) is -2.78. The van der Waals surface area contributed by atoms with Gasteiger partial charge in [-0.25, -0.2) is 0 Å². The summed E-state index contributed by atoms with van der Waals surface area (Å²) in [5.41, 5.74) is 0. The molecule has 0 aliphatic heterocycles. The first-order valence-electron chi connectivity index (χ1n) is 4.19. The third-order valence-electron chi connectivity index (χ3n) is 2.48. The van der Waals surface area contributed by atoms with Crippen molar-refractivity contribution < 1.29 is 18.0 Å². The molecule has 0 spiro atoms. The van der Waals surface area contributed by atoms with Crippen LogP contribution in [0.3, 0.4) is 0 Å². The molecule has 0 aromatic carbocycles. The van der Waals surface area contributed by atoms with Crippen LogP contribution in [-0.4, -0.2) is 11.4 Å². The summed E-state index contributed by atoms with van der Waals surface area (Å²) in [7, 11) is 0. The van der Waals surface area contributed by atoms with Crippen molar-refractivity contribution >= 4 is 16.8 Å². The van der Waals surface area contributed by atoms with Crippen LogP contribution in [-0.2, 0) is 4.79 Å². The highest BCUT2D eigenvalue weighted by molar-refractivity contribution is 6.64. The van der Waals surface area contributed by atoms with Gasteiger partial charge in [-0.2, -0.15) is 13.2 Å². The molecule has 0 saturated heterocycles. The second-order valence-corrected chi connectivity index (χ2v) is 3.72. The van der Waals surface area contributed by atoms with Crippen molar-refractivity contribution in [3.8, 4) is 0 Å². The maximum Gasteiger partial charge on any atom is 0.392 e. The summed E-state index contributed by atoms with van der Waals surface area (Å²) in [4.78, 5) is 10.7. The number of carbonyl (C=O) groups is 1. The van der Waals surface area contributed by atoms with E-state index >= 15 is 0 Å². The van der Waals surface area contributed by atoms with E-state index in [1.807, 2.05) is 0 Å². The van der Waals surface area contributed by atoms with Crippen molar-refractivity contribution in [3.63, 3.8) is 0 Å². The van der Waals surface area contributed by atoms with Crippen LogP contribution in [0.25, 0.3) is 0 Å². The largest absolute Gasteiger partial charge is 0.392 e. The normalized spacial score (nSPS) is 30.2. The zero-order valence-electron chi connectivity index (χ0n) is 6.90. The Morgan fingerprint density at radius 1 is 1.23 bits per heavy atom. The number of hydrogen-bond acceptors (Lipinski definition) is 1. The second kappa shape index (κ2) is 3.86. The molecule has 2 unspecified atom stereocenters. The van der Waals surface area contributed by atoms with Crippen LogP contribution >= 0.6 is 11.6 Å². The lowest BCUT2D eigenvalue weighted by Gasteiger charge is -2.30. The van der Waals surface area contributed by atoms with Crippen LogP contribution in [0.4, 0.5) is 13.2 Å². The summed E-state index contributed by atoms with van der Waals surface area (Å²) >= 11 is 5.12. The first-order chi connectivity index (χ1) is 5.93. The number of hydrogen-bond donors (Lipinski definition) is 0. The summed E-state index contributed by atoms with van der Waals surface area (Å²) in [5, 5.41) is -0.845. The standard InChI is InChI=1S/C8H10ClF3O/c9-7(13)5-3-1-2-4-6(5)8(10,11)12/h5-6H,1-4H2. The molecule has 1 aliphatic carbocycles. The first-order valence-corrected chi connectivity index (χ1v) is 4.57. The van der Waals surface area contributed by atoms with Crippen molar-refractivity contribution in [2.24, 2.45) is 11.8 Å². The fraction of sp³-hybridized carbons (Fsp3) is 0.875. The van der Waals surface area contributed by atoms with E-state index in [-0.39, 0.29) is 12.8 Å². The molecule has 1 aliphatic rings. The third-order valence-corrected chi connectivity index (χ3v) is 2.76. The predicted molar refractivity (Wildman–Crippen MR) is 42.4 cm³/mol. The van der Waals surface area contributed by atoms with Gasteiger partial charge in [-0.05, 0) is 24.4 Å². The minimum absolute atomic E-state index is 0.0344. The van der Waals surface area contributed by atoms with Crippen molar-refractivity contribution in [2.75, 3.05) is 0 Å². The molecule has 0 bridgehead atoms. The Morgan fingerprint density at radius 3 is 2.15 bits per heavy atom. The predicted octanol–water partition coefficient (Wildman–Crippen LogP) is 3.12. The minimum Gasteiger partial charge on any atom is -0.281 e. The quantitative estimate of drug-likeness (QED) is 0.613. The SMILES string of the molecule is O=C(Cl)C1CCCCC1C(F)(F)F. The molecule has 5 heteroatoms. The van der Waals surface area contributed by atoms with E-state index in [9.17, 15) is 18.0 Å². The number of alkyl halides is 3. The van der Waals surface area contributed by atoms with E-state index in [1.165, 1.54) is 0 Å². The zero-order valence-corrected chi connectivity index (χ0v) is 7.66. The molecule has 0 N–H and O–H groups in total. The fourth-order valence-corrected chi connectivity index (χ4v) is 2.06. The van der Waals surface area contributed by atoms with E-state index < -0.39 is 23.3 Å². The van der Waals surface area contributed by atoms with Crippen molar-refractivity contribution in [2.45, 2.75) is 31.9 Å². The monoisotopic (exact) mass is 214 g/mol. The lowest BCUT2D eigenvalue weighted by atomic mass is 9.79. The van der Waals surface area contributed by atoms with Gasteiger partial charge in [0.1, 0.15) is 0 Å². The van der Waals surface area contributed by atoms with E-state index in [4.69, 9.17) is 11.6 Å². The molecular weight excluding hydrogens is 205 g/mol. The van der Waals surface area contributed by atoms with E-state index in [1.54, 1.807) is 0 Å². The highest BCUT2D eigenvalue weighted by Gasteiger charge is 2.47. The maximum atomic E-state index is 12.3. The topological polar surface area (TPSA) is 17.1 Å². The van der Waals surface area contributed by atoms with Crippen LogP contribution in [0.2, 0.25) is 0 Å². The molecule has 0 aromatic rings. The van der Waals surface area contributed by atoms with Gasteiger partial charge in [0.25, 0.3) is 0 Å². The number of carbonyl (C=O) groups excluding carboxylic acids is 1. The van der Waals surface area contributed by atoms with Crippen molar-refractivity contribution in [1.82, 2.24) is 0 Å². The minimum atomic E-state index is -4.28. The van der Waals surface area contributed by atoms with Gasteiger partial charge < -0.3 is 0 Å². The molecule has 0 amide bonds. The molecular formula is C8H10ClF3O. The molecule has 2 atom stereocenters. The van der Waals surface area contributed by atoms with Gasteiger partial charge in [-0.1, -0.05) is 12.8 Å². The molecule has 1 nitrogen and oxygen atoms in total. The Labute approximate surface area is 79.2 Å². The van der Waals surface area contributed by atoms with Gasteiger partial charge in [-0.3, -0.25) is 4.79 Å². The van der Waals surface area contributed by atoms with E-state index in [2.05, 4.69) is 0 Å². The van der Waals surface area contributed by atoms with E-state index in [0.717, 1.165) is 0 Å². The van der Waals surface area contributed by atoms with Crippen molar-refractivity contribution in [1.29, 1.82) is 0 Å². The Morgan fingerprint density at radius 2 is 1.77 bits per heavy atom. The molecule has 0 radical (unpaired) electrons. The van der Waals surface area contributed by atoms with Crippen molar-refractivity contribution in [3.05, 3.63) is 0 Å². The zero-order chi connectivity index (χ0) is 10.1. The van der Waals surface area contributed by atoms with Gasteiger partial charge in [-0.15, -0.1) is 0 Å². The first kappa shape index (κ1) is 10.8. The number of halogens is 4. The molecule has 1 rings (SSSR count). The Bertz CT molecular complexity index is 202. The van der Waals surface area contributed by atoms with Gasteiger partial charge in [0.15, 0.2) is 0 Å². The van der Waals surface area contributed by atoms with Gasteiger partial charge in [0, 0.05) is 5.92 Å². The van der Waals surface area contributed by atoms with E-state index in [0.29, 0.717) is 12.8 Å². The summed E-state index contributed by atoms with van der Waals surface area (Å²) in [5.74, 6) is -2.54. The summed E-state index contributed by atoms with van der Waals surface area (Å²) in [6.45, 7) is 0. The maximum absolute atomic E-state index is 12.3. The molecule has 76 valence electrons. The molecule has 1 saturated carbocycles. The highest BCUT2D eigenvalue weighted by Crippen LogP contribution is 2.42. The smallest absolute Gasteiger partial charge is 0.281 e. The fourth-order valence-electron chi connectivity index (χ4n) is 1.79. The Hall–Kier alpha value is -0.250. The van der Waals surface area contributed by atoms with Crippen LogP contribution < -0.4 is 0 Å².